The number of nitrogens with zero attached hydrogens (tertiary/aromatic N) is 3. The van der Waals surface area contributed by atoms with Gasteiger partial charge in [0.1, 0.15) is 5.01 Å². The van der Waals surface area contributed by atoms with Crippen LogP contribution in [-0.2, 0) is 0 Å². The zero-order valence-electron chi connectivity index (χ0n) is 14.8. The highest BCUT2D eigenvalue weighted by molar-refractivity contribution is 7.21. The molecular formula is C19H25N3S. The van der Waals surface area contributed by atoms with E-state index in [1.54, 1.807) is 18.4 Å². The van der Waals surface area contributed by atoms with Gasteiger partial charge in [0.05, 0.1) is 15.9 Å². The van der Waals surface area contributed by atoms with Crippen LogP contribution in [0.2, 0.25) is 0 Å². The van der Waals surface area contributed by atoms with Crippen LogP contribution < -0.4 is 0 Å². The molecule has 0 radical (unpaired) electrons. The predicted molar refractivity (Wildman–Crippen MR) is 103 cm³/mol. The Morgan fingerprint density at radius 2 is 1.57 bits per heavy atom. The number of aromatic nitrogens is 1. The van der Waals surface area contributed by atoms with E-state index in [9.17, 15) is 0 Å². The van der Waals surface area contributed by atoms with Crippen molar-refractivity contribution in [3.63, 3.8) is 0 Å². The Kier molecular flexibility index (Phi) is 8.13. The smallest absolute Gasteiger partial charge is 0.124 e. The lowest BCUT2D eigenvalue weighted by Crippen LogP contribution is -1.77. The summed E-state index contributed by atoms with van der Waals surface area (Å²) < 4.78 is 1.23. The Morgan fingerprint density at radius 1 is 0.913 bits per heavy atom. The highest BCUT2D eigenvalue weighted by Crippen LogP contribution is 2.32. The van der Waals surface area contributed by atoms with E-state index in [1.165, 1.54) is 10.3 Å². The van der Waals surface area contributed by atoms with Crippen molar-refractivity contribution in [2.24, 2.45) is 10.2 Å². The molecule has 0 saturated heterocycles. The largest absolute Gasteiger partial charge is 0.236 e. The lowest BCUT2D eigenvalue weighted by molar-refractivity contribution is 1.17. The number of azo groups is 1. The van der Waals surface area contributed by atoms with Crippen LogP contribution in [0.25, 0.3) is 20.8 Å². The number of hydrogen-bond acceptors (Lipinski definition) is 4. The van der Waals surface area contributed by atoms with Crippen LogP contribution in [0.3, 0.4) is 0 Å². The fourth-order valence-corrected chi connectivity index (χ4v) is 3.04. The van der Waals surface area contributed by atoms with Gasteiger partial charge in [0.2, 0.25) is 0 Å². The van der Waals surface area contributed by atoms with Gasteiger partial charge in [-0.1, -0.05) is 39.8 Å². The average molecular weight is 327 g/mol. The molecule has 3 aromatic rings. The van der Waals surface area contributed by atoms with E-state index in [0.717, 1.165) is 21.8 Å². The van der Waals surface area contributed by atoms with Crippen molar-refractivity contribution in [1.29, 1.82) is 0 Å². The molecule has 0 amide bonds. The standard InChI is InChI=1S/C15H13N3S.2C2H6/c1-10-4-3-5-13-14(10)17-15(19-13)11-6-8-12(9-7-11)18-16-2;2*1-2/h3-9H,1-2H3;2*1-2H3. The minimum atomic E-state index is 0.864. The van der Waals surface area contributed by atoms with E-state index in [4.69, 9.17) is 4.98 Å². The van der Waals surface area contributed by atoms with Crippen molar-refractivity contribution < 1.29 is 0 Å². The third-order valence-corrected chi connectivity index (χ3v) is 4.02. The Labute approximate surface area is 143 Å². The third-order valence-electron chi connectivity index (χ3n) is 2.95. The molecule has 0 fully saturated rings. The van der Waals surface area contributed by atoms with Crippen LogP contribution in [0.4, 0.5) is 5.69 Å². The van der Waals surface area contributed by atoms with Crippen molar-refractivity contribution in [2.45, 2.75) is 34.6 Å². The molecule has 0 aliphatic heterocycles. The molecule has 23 heavy (non-hydrogen) atoms. The number of fused-ring (bicyclic) bond motifs is 1. The number of hydrogen-bond donors (Lipinski definition) is 0. The first-order chi connectivity index (χ1) is 11.3. The minimum Gasteiger partial charge on any atom is -0.236 e. The summed E-state index contributed by atoms with van der Waals surface area (Å²) >= 11 is 1.72. The summed E-state index contributed by atoms with van der Waals surface area (Å²) in [6, 6.07) is 14.3. The van der Waals surface area contributed by atoms with E-state index in [-0.39, 0.29) is 0 Å². The number of thiazole rings is 1. The molecule has 0 aliphatic carbocycles. The molecule has 1 aromatic heterocycles. The molecule has 3 rings (SSSR count). The second-order valence-electron chi connectivity index (χ2n) is 4.29. The SMILES string of the molecule is CC.CC.CN=Nc1ccc(-c2nc3c(C)cccc3s2)cc1. The summed E-state index contributed by atoms with van der Waals surface area (Å²) in [5, 5.41) is 8.82. The number of para-hydroxylation sites is 1. The molecule has 3 nitrogen and oxygen atoms in total. The topological polar surface area (TPSA) is 37.6 Å². The van der Waals surface area contributed by atoms with Crippen LogP contribution in [0.5, 0.6) is 0 Å². The normalized spacial score (nSPS) is 10.0. The van der Waals surface area contributed by atoms with Crippen LogP contribution >= 0.6 is 11.3 Å². The monoisotopic (exact) mass is 327 g/mol. The minimum absolute atomic E-state index is 0.864. The van der Waals surface area contributed by atoms with E-state index < -0.39 is 0 Å². The van der Waals surface area contributed by atoms with Crippen molar-refractivity contribution in [1.82, 2.24) is 4.98 Å². The van der Waals surface area contributed by atoms with Gasteiger partial charge < -0.3 is 0 Å². The maximum absolute atomic E-state index is 4.72. The Balaban J connectivity index is 0.000000615. The van der Waals surface area contributed by atoms with E-state index in [2.05, 4.69) is 35.4 Å². The van der Waals surface area contributed by atoms with Gasteiger partial charge in [-0.3, -0.25) is 0 Å². The summed E-state index contributed by atoms with van der Waals surface area (Å²) in [6.45, 7) is 10.1. The molecule has 0 aliphatic rings. The molecule has 0 spiro atoms. The zero-order chi connectivity index (χ0) is 17.2. The highest BCUT2D eigenvalue weighted by atomic mass is 32.1. The maximum Gasteiger partial charge on any atom is 0.124 e. The highest BCUT2D eigenvalue weighted by Gasteiger charge is 2.07. The fourth-order valence-electron chi connectivity index (χ4n) is 2.00. The second kappa shape index (κ2) is 9.85. The first-order valence-corrected chi connectivity index (χ1v) is 8.86. The van der Waals surface area contributed by atoms with Gasteiger partial charge in [-0.15, -0.1) is 11.3 Å². The summed E-state index contributed by atoms with van der Waals surface area (Å²) in [5.74, 6) is 0. The predicted octanol–water partition coefficient (Wildman–Crippen LogP) is 7.04. The molecule has 2 aromatic carbocycles. The van der Waals surface area contributed by atoms with Crippen LogP contribution in [0.1, 0.15) is 33.3 Å². The van der Waals surface area contributed by atoms with Gasteiger partial charge in [-0.2, -0.15) is 10.2 Å². The first-order valence-electron chi connectivity index (χ1n) is 8.04. The lowest BCUT2D eigenvalue weighted by atomic mass is 10.2. The van der Waals surface area contributed by atoms with Gasteiger partial charge in [0.15, 0.2) is 0 Å². The van der Waals surface area contributed by atoms with Gasteiger partial charge in [0.25, 0.3) is 0 Å². The number of rotatable bonds is 2. The van der Waals surface area contributed by atoms with E-state index >= 15 is 0 Å². The Hall–Kier alpha value is -2.07. The van der Waals surface area contributed by atoms with Gasteiger partial charge in [-0.25, -0.2) is 4.98 Å². The molecule has 0 atom stereocenters. The number of aryl methyl sites for hydroxylation is 1. The third kappa shape index (κ3) is 4.70. The maximum atomic E-state index is 4.72. The average Bonchev–Trinajstić information content (AvgIpc) is 3.05. The molecule has 4 heteroatoms. The summed E-state index contributed by atoms with van der Waals surface area (Å²) in [6.07, 6.45) is 0. The fraction of sp³-hybridized carbons (Fsp3) is 0.316. The Bertz CT molecular complexity index is 743. The molecule has 0 N–H and O–H groups in total. The van der Waals surface area contributed by atoms with Crippen molar-refractivity contribution in [3.8, 4) is 10.6 Å². The molecule has 0 saturated carbocycles. The molecular weight excluding hydrogens is 302 g/mol. The van der Waals surface area contributed by atoms with Gasteiger partial charge in [-0.05, 0) is 42.8 Å². The van der Waals surface area contributed by atoms with Crippen LogP contribution in [-0.4, -0.2) is 12.0 Å². The second-order valence-corrected chi connectivity index (χ2v) is 5.32. The van der Waals surface area contributed by atoms with Gasteiger partial charge in [0, 0.05) is 12.6 Å². The van der Waals surface area contributed by atoms with Crippen molar-refractivity contribution >= 4 is 27.2 Å². The van der Waals surface area contributed by atoms with Crippen LogP contribution in [0.15, 0.2) is 52.7 Å². The zero-order valence-corrected chi connectivity index (χ0v) is 15.6. The van der Waals surface area contributed by atoms with E-state index in [0.29, 0.717) is 0 Å². The van der Waals surface area contributed by atoms with E-state index in [1.807, 2.05) is 52.0 Å². The summed E-state index contributed by atoms with van der Waals surface area (Å²) in [5.41, 5.74) is 4.30. The van der Waals surface area contributed by atoms with Crippen molar-refractivity contribution in [3.05, 3.63) is 48.0 Å². The lowest BCUT2D eigenvalue weighted by Gasteiger charge is -1.96. The first kappa shape index (κ1) is 19.0. The molecule has 1 heterocycles. The Morgan fingerprint density at radius 3 is 2.13 bits per heavy atom. The summed E-state index contributed by atoms with van der Waals surface area (Å²) in [4.78, 5) is 4.72. The van der Waals surface area contributed by atoms with Crippen LogP contribution in [0, 0.1) is 6.92 Å². The van der Waals surface area contributed by atoms with Crippen molar-refractivity contribution in [2.75, 3.05) is 7.05 Å². The molecule has 0 bridgehead atoms. The number of benzene rings is 2. The molecule has 0 unspecified atom stereocenters. The summed E-state index contributed by atoms with van der Waals surface area (Å²) in [7, 11) is 1.67. The van der Waals surface area contributed by atoms with Gasteiger partial charge >= 0.3 is 0 Å². The molecule has 122 valence electrons. The quantitative estimate of drug-likeness (QED) is 0.465.